The molecule has 2 aliphatic heterocycles. The van der Waals surface area contributed by atoms with Crippen LogP contribution in [0, 0.1) is 0 Å². The molecule has 2 bridgehead atoms. The third-order valence-corrected chi connectivity index (χ3v) is 6.71. The van der Waals surface area contributed by atoms with Crippen LogP contribution in [0.2, 0.25) is 10.0 Å². The molecule has 2 unspecified atom stereocenters. The summed E-state index contributed by atoms with van der Waals surface area (Å²) in [4.78, 5) is 27.1. The topological polar surface area (TPSA) is 61.4 Å². The minimum Gasteiger partial charge on any atom is -0.352 e. The molecular formula is C24H27Cl2N3O2. The summed E-state index contributed by atoms with van der Waals surface area (Å²) in [5.74, 6) is -0.315. The number of amides is 2. The van der Waals surface area contributed by atoms with E-state index < -0.39 is 0 Å². The SMILES string of the molecule is O=C(Cc1cccc(Cl)c1)NCC(=O)NC1CC2CCC(C1)N2Cc1ccc(Cl)cc1. The molecule has 2 N–H and O–H groups in total. The number of rotatable bonds is 7. The van der Waals surface area contributed by atoms with Crippen LogP contribution in [-0.2, 0) is 22.6 Å². The Labute approximate surface area is 193 Å². The number of nitrogens with zero attached hydrogens (tertiary/aromatic N) is 1. The average Bonchev–Trinajstić information content (AvgIpc) is 2.96. The van der Waals surface area contributed by atoms with Crippen LogP contribution in [0.25, 0.3) is 0 Å². The number of carbonyl (C=O) groups is 2. The monoisotopic (exact) mass is 459 g/mol. The third-order valence-electron chi connectivity index (χ3n) is 6.23. The Hall–Kier alpha value is -2.08. The van der Waals surface area contributed by atoms with Crippen LogP contribution >= 0.6 is 23.2 Å². The average molecular weight is 460 g/mol. The van der Waals surface area contributed by atoms with E-state index in [9.17, 15) is 9.59 Å². The van der Waals surface area contributed by atoms with Gasteiger partial charge in [0.1, 0.15) is 0 Å². The van der Waals surface area contributed by atoms with E-state index in [1.54, 1.807) is 12.1 Å². The van der Waals surface area contributed by atoms with E-state index in [1.165, 1.54) is 18.4 Å². The standard InChI is InChI=1S/C24H27Cl2N3O2/c25-18-6-4-16(5-7-18)15-29-21-8-9-22(29)13-20(12-21)28-24(31)14-27-23(30)11-17-2-1-3-19(26)10-17/h1-7,10,20-22H,8-9,11-15H2,(H,27,30)(H,28,31). The maximum Gasteiger partial charge on any atom is 0.239 e. The Morgan fingerprint density at radius 2 is 1.61 bits per heavy atom. The molecule has 5 nitrogen and oxygen atoms in total. The van der Waals surface area contributed by atoms with E-state index in [4.69, 9.17) is 23.2 Å². The quantitative estimate of drug-likeness (QED) is 0.658. The Morgan fingerprint density at radius 1 is 0.903 bits per heavy atom. The molecule has 0 aliphatic carbocycles. The van der Waals surface area contributed by atoms with E-state index in [0.29, 0.717) is 17.1 Å². The second-order valence-electron chi connectivity index (χ2n) is 8.50. The minimum absolute atomic E-state index is 0.000276. The third kappa shape index (κ3) is 6.00. The first-order chi connectivity index (χ1) is 15.0. The molecule has 2 atom stereocenters. The first kappa shape index (κ1) is 22.1. The van der Waals surface area contributed by atoms with Crippen molar-refractivity contribution in [1.82, 2.24) is 15.5 Å². The van der Waals surface area contributed by atoms with Crippen molar-refractivity contribution >= 4 is 35.0 Å². The van der Waals surface area contributed by atoms with Crippen molar-refractivity contribution < 1.29 is 9.59 Å². The van der Waals surface area contributed by atoms with E-state index in [-0.39, 0.29) is 30.8 Å². The van der Waals surface area contributed by atoms with E-state index in [2.05, 4.69) is 27.7 Å². The highest BCUT2D eigenvalue weighted by Gasteiger charge is 2.40. The number of fused-ring (bicyclic) bond motifs is 2. The summed E-state index contributed by atoms with van der Waals surface area (Å²) in [5, 5.41) is 7.18. The maximum atomic E-state index is 12.4. The summed E-state index contributed by atoms with van der Waals surface area (Å²) in [6.07, 6.45) is 4.45. The summed E-state index contributed by atoms with van der Waals surface area (Å²) in [6.45, 7) is 0.923. The molecule has 2 saturated heterocycles. The second-order valence-corrected chi connectivity index (χ2v) is 9.38. The van der Waals surface area contributed by atoms with Crippen molar-refractivity contribution in [3.05, 3.63) is 69.7 Å². The van der Waals surface area contributed by atoms with Gasteiger partial charge in [-0.05, 0) is 61.1 Å². The van der Waals surface area contributed by atoms with Gasteiger partial charge in [0, 0.05) is 34.7 Å². The highest BCUT2D eigenvalue weighted by atomic mass is 35.5. The fourth-order valence-corrected chi connectivity index (χ4v) is 5.14. The van der Waals surface area contributed by atoms with Gasteiger partial charge in [0.25, 0.3) is 0 Å². The van der Waals surface area contributed by atoms with E-state index in [1.807, 2.05) is 24.3 Å². The Morgan fingerprint density at radius 3 is 2.29 bits per heavy atom. The number of carbonyl (C=O) groups excluding carboxylic acids is 2. The molecule has 0 saturated carbocycles. The van der Waals surface area contributed by atoms with Gasteiger partial charge < -0.3 is 10.6 Å². The molecule has 31 heavy (non-hydrogen) atoms. The predicted molar refractivity (Wildman–Crippen MR) is 123 cm³/mol. The Bertz CT molecular complexity index is 921. The van der Waals surface area contributed by atoms with Crippen LogP contribution in [0.15, 0.2) is 48.5 Å². The van der Waals surface area contributed by atoms with Gasteiger partial charge in [-0.25, -0.2) is 0 Å². The molecule has 2 aromatic carbocycles. The zero-order chi connectivity index (χ0) is 21.8. The van der Waals surface area contributed by atoms with Crippen molar-refractivity contribution in [1.29, 1.82) is 0 Å². The van der Waals surface area contributed by atoms with Crippen molar-refractivity contribution in [2.45, 2.75) is 56.8 Å². The lowest BCUT2D eigenvalue weighted by molar-refractivity contribution is -0.126. The maximum absolute atomic E-state index is 12.4. The van der Waals surface area contributed by atoms with Gasteiger partial charge in [0.15, 0.2) is 0 Å². The number of piperidine rings is 1. The summed E-state index contributed by atoms with van der Waals surface area (Å²) >= 11 is 11.9. The number of hydrogen-bond donors (Lipinski definition) is 2. The van der Waals surface area contributed by atoms with E-state index >= 15 is 0 Å². The van der Waals surface area contributed by atoms with Crippen LogP contribution < -0.4 is 10.6 Å². The molecule has 2 fully saturated rings. The molecule has 164 valence electrons. The highest BCUT2D eigenvalue weighted by Crippen LogP contribution is 2.36. The first-order valence-corrected chi connectivity index (χ1v) is 11.5. The molecule has 0 radical (unpaired) electrons. The van der Waals surface area contributed by atoms with E-state index in [0.717, 1.165) is 30.0 Å². The molecule has 2 amide bonds. The second kappa shape index (κ2) is 10.0. The molecule has 7 heteroatoms. The molecule has 2 aliphatic rings. The number of benzene rings is 2. The zero-order valence-corrected chi connectivity index (χ0v) is 18.8. The van der Waals surface area contributed by atoms with Crippen LogP contribution in [0.1, 0.15) is 36.8 Å². The Kier molecular flexibility index (Phi) is 7.16. The van der Waals surface area contributed by atoms with Gasteiger partial charge in [-0.15, -0.1) is 0 Å². The molecule has 0 spiro atoms. The molecule has 2 aromatic rings. The number of halogens is 2. The summed E-state index contributed by atoms with van der Waals surface area (Å²) < 4.78 is 0. The summed E-state index contributed by atoms with van der Waals surface area (Å²) in [6, 6.07) is 16.4. The van der Waals surface area contributed by atoms with Crippen LogP contribution in [-0.4, -0.2) is 41.4 Å². The molecule has 4 rings (SSSR count). The number of nitrogens with one attached hydrogen (secondary N) is 2. The van der Waals surface area contributed by atoms with Crippen molar-refractivity contribution in [3.8, 4) is 0 Å². The Balaban J connectivity index is 1.22. The summed E-state index contributed by atoms with van der Waals surface area (Å²) in [7, 11) is 0. The van der Waals surface area contributed by atoms with Crippen LogP contribution in [0.4, 0.5) is 0 Å². The lowest BCUT2D eigenvalue weighted by Gasteiger charge is -2.39. The fraction of sp³-hybridized carbons (Fsp3) is 0.417. The van der Waals surface area contributed by atoms with Gasteiger partial charge in [-0.1, -0.05) is 47.5 Å². The minimum atomic E-state index is -0.185. The lowest BCUT2D eigenvalue weighted by atomic mass is 9.96. The lowest BCUT2D eigenvalue weighted by Crippen LogP contribution is -2.51. The van der Waals surface area contributed by atoms with Crippen LogP contribution in [0.3, 0.4) is 0 Å². The zero-order valence-electron chi connectivity index (χ0n) is 17.3. The van der Waals surface area contributed by atoms with Crippen molar-refractivity contribution in [2.24, 2.45) is 0 Å². The molecule has 0 aromatic heterocycles. The van der Waals surface area contributed by atoms with Crippen molar-refractivity contribution in [3.63, 3.8) is 0 Å². The number of hydrogen-bond acceptors (Lipinski definition) is 3. The normalized spacial score (nSPS) is 22.8. The smallest absolute Gasteiger partial charge is 0.239 e. The van der Waals surface area contributed by atoms with Gasteiger partial charge in [-0.2, -0.15) is 0 Å². The van der Waals surface area contributed by atoms with Gasteiger partial charge in [0.2, 0.25) is 11.8 Å². The van der Waals surface area contributed by atoms with Crippen molar-refractivity contribution in [2.75, 3.05) is 6.54 Å². The summed E-state index contributed by atoms with van der Waals surface area (Å²) in [5.41, 5.74) is 2.10. The van der Waals surface area contributed by atoms with Crippen LogP contribution in [0.5, 0.6) is 0 Å². The highest BCUT2D eigenvalue weighted by molar-refractivity contribution is 6.30. The first-order valence-electron chi connectivity index (χ1n) is 10.8. The predicted octanol–water partition coefficient (Wildman–Crippen LogP) is 3.96. The largest absolute Gasteiger partial charge is 0.352 e. The van der Waals surface area contributed by atoms with Gasteiger partial charge in [0.05, 0.1) is 13.0 Å². The molecular weight excluding hydrogens is 433 g/mol. The van der Waals surface area contributed by atoms with Gasteiger partial charge >= 0.3 is 0 Å². The fourth-order valence-electron chi connectivity index (χ4n) is 4.80. The van der Waals surface area contributed by atoms with Gasteiger partial charge in [-0.3, -0.25) is 14.5 Å². The molecule has 2 heterocycles.